The van der Waals surface area contributed by atoms with E-state index in [1.807, 2.05) is 0 Å². The summed E-state index contributed by atoms with van der Waals surface area (Å²) in [4.78, 5) is 21.0. The molecule has 3 rings (SSSR count). The van der Waals surface area contributed by atoms with Crippen molar-refractivity contribution in [2.24, 2.45) is 0 Å². The van der Waals surface area contributed by atoms with E-state index in [9.17, 15) is 9.18 Å². The maximum atomic E-state index is 14.7. The van der Waals surface area contributed by atoms with E-state index >= 15 is 0 Å². The summed E-state index contributed by atoms with van der Waals surface area (Å²) in [7, 11) is 0. The zero-order chi connectivity index (χ0) is 18.0. The molecule has 0 unspecified atom stereocenters. The standard InChI is InChI=1S/C19H25FN4O/c1-4-7-22-8-10-23(11-9-22)18-6-5-16(13-17(18)20)24-15(3)21-14(2)12-19(24)25/h5-6,12-13H,4,7-11H2,1-3H3. The Morgan fingerprint density at radius 3 is 2.44 bits per heavy atom. The number of hydrogen-bond acceptors (Lipinski definition) is 4. The molecule has 2 heterocycles. The molecular formula is C19H25FN4O. The lowest BCUT2D eigenvalue weighted by molar-refractivity contribution is 0.258. The largest absolute Gasteiger partial charge is 0.367 e. The van der Waals surface area contributed by atoms with Crippen LogP contribution in [0.5, 0.6) is 0 Å². The van der Waals surface area contributed by atoms with Gasteiger partial charge in [-0.1, -0.05) is 6.92 Å². The molecular weight excluding hydrogens is 319 g/mol. The third-order valence-electron chi connectivity index (χ3n) is 4.66. The summed E-state index contributed by atoms with van der Waals surface area (Å²) in [6, 6.07) is 6.46. The topological polar surface area (TPSA) is 41.4 Å². The fourth-order valence-electron chi connectivity index (χ4n) is 3.47. The number of rotatable bonds is 4. The average molecular weight is 344 g/mol. The van der Waals surface area contributed by atoms with Gasteiger partial charge in [0.05, 0.1) is 11.4 Å². The van der Waals surface area contributed by atoms with Gasteiger partial charge in [-0.05, 0) is 38.9 Å². The van der Waals surface area contributed by atoms with Gasteiger partial charge in [-0.2, -0.15) is 0 Å². The van der Waals surface area contributed by atoms with E-state index in [-0.39, 0.29) is 11.4 Å². The zero-order valence-corrected chi connectivity index (χ0v) is 15.1. The molecule has 0 amide bonds. The first kappa shape index (κ1) is 17.6. The van der Waals surface area contributed by atoms with Crippen LogP contribution in [0.4, 0.5) is 10.1 Å². The van der Waals surface area contributed by atoms with Gasteiger partial charge in [-0.3, -0.25) is 14.3 Å². The van der Waals surface area contributed by atoms with Gasteiger partial charge in [0, 0.05) is 44.0 Å². The predicted molar refractivity (Wildman–Crippen MR) is 98.2 cm³/mol. The molecule has 1 aliphatic heterocycles. The molecule has 1 aromatic carbocycles. The summed E-state index contributed by atoms with van der Waals surface area (Å²) >= 11 is 0. The van der Waals surface area contributed by atoms with Gasteiger partial charge >= 0.3 is 0 Å². The van der Waals surface area contributed by atoms with Crippen molar-refractivity contribution in [3.05, 3.63) is 52.0 Å². The second-order valence-electron chi connectivity index (χ2n) is 6.58. The quantitative estimate of drug-likeness (QED) is 0.855. The number of piperazine rings is 1. The normalized spacial score (nSPS) is 15.6. The Morgan fingerprint density at radius 2 is 1.84 bits per heavy atom. The first-order chi connectivity index (χ1) is 12.0. The van der Waals surface area contributed by atoms with Crippen molar-refractivity contribution in [1.29, 1.82) is 0 Å². The molecule has 0 N–H and O–H groups in total. The highest BCUT2D eigenvalue weighted by Crippen LogP contribution is 2.23. The van der Waals surface area contributed by atoms with Gasteiger partial charge in [-0.25, -0.2) is 9.37 Å². The van der Waals surface area contributed by atoms with Gasteiger partial charge < -0.3 is 4.90 Å². The lowest BCUT2D eigenvalue weighted by Crippen LogP contribution is -2.46. The minimum Gasteiger partial charge on any atom is -0.367 e. The van der Waals surface area contributed by atoms with Crippen LogP contribution in [0.15, 0.2) is 29.1 Å². The monoisotopic (exact) mass is 344 g/mol. The predicted octanol–water partition coefficient (Wildman–Crippen LogP) is 2.52. The molecule has 1 aromatic heterocycles. The molecule has 6 heteroatoms. The van der Waals surface area contributed by atoms with Crippen LogP contribution in [0, 0.1) is 19.7 Å². The molecule has 0 saturated carbocycles. The fourth-order valence-corrected chi connectivity index (χ4v) is 3.47. The summed E-state index contributed by atoms with van der Waals surface area (Å²) < 4.78 is 16.2. The van der Waals surface area contributed by atoms with E-state index in [0.29, 0.717) is 22.9 Å². The molecule has 25 heavy (non-hydrogen) atoms. The van der Waals surface area contributed by atoms with Crippen LogP contribution in [0.1, 0.15) is 24.9 Å². The van der Waals surface area contributed by atoms with Crippen molar-refractivity contribution in [1.82, 2.24) is 14.5 Å². The molecule has 134 valence electrons. The maximum Gasteiger partial charge on any atom is 0.258 e. The van der Waals surface area contributed by atoms with E-state index < -0.39 is 0 Å². The average Bonchev–Trinajstić information content (AvgIpc) is 2.55. The maximum absolute atomic E-state index is 14.7. The van der Waals surface area contributed by atoms with E-state index in [0.717, 1.165) is 39.1 Å². The molecule has 5 nitrogen and oxygen atoms in total. The fraction of sp³-hybridized carbons (Fsp3) is 0.474. The lowest BCUT2D eigenvalue weighted by atomic mass is 10.2. The van der Waals surface area contributed by atoms with Crippen LogP contribution in [0.2, 0.25) is 0 Å². The van der Waals surface area contributed by atoms with Crippen molar-refractivity contribution in [3.8, 4) is 5.69 Å². The Bertz CT molecular complexity index is 810. The molecule has 0 aliphatic carbocycles. The van der Waals surface area contributed by atoms with E-state index in [2.05, 4.69) is 21.7 Å². The van der Waals surface area contributed by atoms with Crippen LogP contribution in [0.3, 0.4) is 0 Å². The second-order valence-corrected chi connectivity index (χ2v) is 6.58. The Balaban J connectivity index is 1.84. The molecule has 1 aliphatic rings. The summed E-state index contributed by atoms with van der Waals surface area (Å²) in [5.41, 5.74) is 1.60. The van der Waals surface area contributed by atoms with Gasteiger partial charge in [0.2, 0.25) is 0 Å². The minimum absolute atomic E-state index is 0.190. The van der Waals surface area contributed by atoms with Crippen LogP contribution in [-0.4, -0.2) is 47.2 Å². The SMILES string of the molecule is CCCN1CCN(c2ccc(-n3c(C)nc(C)cc3=O)cc2F)CC1. The highest BCUT2D eigenvalue weighted by molar-refractivity contribution is 5.53. The molecule has 0 spiro atoms. The second kappa shape index (κ2) is 7.35. The van der Waals surface area contributed by atoms with Gasteiger partial charge in [0.1, 0.15) is 11.6 Å². The van der Waals surface area contributed by atoms with Gasteiger partial charge in [0.15, 0.2) is 0 Å². The van der Waals surface area contributed by atoms with E-state index in [4.69, 9.17) is 0 Å². The third-order valence-corrected chi connectivity index (χ3v) is 4.66. The van der Waals surface area contributed by atoms with Gasteiger partial charge in [0.25, 0.3) is 5.56 Å². The van der Waals surface area contributed by atoms with Crippen LogP contribution in [0.25, 0.3) is 5.69 Å². The smallest absolute Gasteiger partial charge is 0.258 e. The summed E-state index contributed by atoms with van der Waals surface area (Å²) in [5, 5.41) is 0. The van der Waals surface area contributed by atoms with Crippen molar-refractivity contribution in [2.75, 3.05) is 37.6 Å². The molecule has 1 fully saturated rings. The highest BCUT2D eigenvalue weighted by Gasteiger charge is 2.19. The zero-order valence-electron chi connectivity index (χ0n) is 15.1. The third kappa shape index (κ3) is 3.74. The van der Waals surface area contributed by atoms with E-state index in [1.54, 1.807) is 26.0 Å². The number of aryl methyl sites for hydroxylation is 2. The number of aromatic nitrogens is 2. The summed E-state index contributed by atoms with van der Waals surface area (Å²) in [5.74, 6) is 0.263. The minimum atomic E-state index is -0.298. The first-order valence-electron chi connectivity index (χ1n) is 8.84. The number of hydrogen-bond donors (Lipinski definition) is 0. The van der Waals surface area contributed by atoms with Crippen molar-refractivity contribution >= 4 is 5.69 Å². The molecule has 0 bridgehead atoms. The summed E-state index contributed by atoms with van der Waals surface area (Å²) in [6.45, 7) is 10.4. The number of benzene rings is 1. The molecule has 0 radical (unpaired) electrons. The van der Waals surface area contributed by atoms with Crippen LogP contribution in [-0.2, 0) is 0 Å². The highest BCUT2D eigenvalue weighted by atomic mass is 19.1. The van der Waals surface area contributed by atoms with E-state index in [1.165, 1.54) is 16.7 Å². The molecule has 2 aromatic rings. The Kier molecular flexibility index (Phi) is 5.18. The lowest BCUT2D eigenvalue weighted by Gasteiger charge is -2.36. The van der Waals surface area contributed by atoms with Crippen molar-refractivity contribution < 1.29 is 4.39 Å². The molecule has 0 atom stereocenters. The Morgan fingerprint density at radius 1 is 1.12 bits per heavy atom. The van der Waals surface area contributed by atoms with Crippen LogP contribution >= 0.6 is 0 Å². The number of nitrogens with zero attached hydrogens (tertiary/aromatic N) is 4. The van der Waals surface area contributed by atoms with Crippen molar-refractivity contribution in [2.45, 2.75) is 27.2 Å². The number of halogens is 1. The number of anilines is 1. The van der Waals surface area contributed by atoms with Crippen LogP contribution < -0.4 is 10.5 Å². The Labute approximate surface area is 147 Å². The van der Waals surface area contributed by atoms with Crippen molar-refractivity contribution in [3.63, 3.8) is 0 Å². The molecule has 1 saturated heterocycles. The summed E-state index contributed by atoms with van der Waals surface area (Å²) in [6.07, 6.45) is 1.14. The Hall–Kier alpha value is -2.21. The van der Waals surface area contributed by atoms with Gasteiger partial charge in [-0.15, -0.1) is 0 Å². The first-order valence-corrected chi connectivity index (χ1v) is 8.84.